The molecule has 1 N–H and O–H groups in total. The predicted molar refractivity (Wildman–Crippen MR) is 52.9 cm³/mol. The minimum Gasteiger partial charge on any atom is -0.478 e. The summed E-state index contributed by atoms with van der Waals surface area (Å²) in [5.74, 6) is -1.22. The molecule has 0 spiro atoms. The lowest BCUT2D eigenvalue weighted by molar-refractivity contribution is -0.137. The smallest absolute Gasteiger partial charge is 0.416 e. The molecule has 0 radical (unpaired) electrons. The van der Waals surface area contributed by atoms with Gasteiger partial charge in [-0.15, -0.1) is 0 Å². The summed E-state index contributed by atoms with van der Waals surface area (Å²) < 4.78 is 42.5. The van der Waals surface area contributed by atoms with Crippen molar-refractivity contribution in [3.05, 3.63) is 35.1 Å². The number of hydrogen-bond donors (Lipinski definition) is 1. The molecule has 0 saturated carbocycles. The molecule has 0 fully saturated rings. The lowest BCUT2D eigenvalue weighted by Gasteiger charge is -2.05. The van der Waals surface area contributed by atoms with Crippen molar-refractivity contribution in [3.63, 3.8) is 0 Å². The Kier molecular flexibility index (Phi) is 2.38. The maximum atomic E-state index is 12.5. The summed E-state index contributed by atoms with van der Waals surface area (Å²) in [7, 11) is 0. The topological polar surface area (TPSA) is 50.4 Å². The zero-order valence-electron chi connectivity index (χ0n) is 8.63. The van der Waals surface area contributed by atoms with Crippen LogP contribution in [-0.2, 0) is 6.18 Å². The molecule has 17 heavy (non-hydrogen) atoms. The molecular formula is C11H7F3O3. The largest absolute Gasteiger partial charge is 0.478 e. The summed E-state index contributed by atoms with van der Waals surface area (Å²) in [6.07, 6.45) is -4.50. The van der Waals surface area contributed by atoms with Crippen LogP contribution in [0.5, 0.6) is 0 Å². The van der Waals surface area contributed by atoms with Gasteiger partial charge in [-0.1, -0.05) is 0 Å². The van der Waals surface area contributed by atoms with E-state index in [1.54, 1.807) is 0 Å². The second-order valence-corrected chi connectivity index (χ2v) is 3.55. The lowest BCUT2D eigenvalue weighted by Crippen LogP contribution is -2.04. The fourth-order valence-electron chi connectivity index (χ4n) is 1.66. The highest BCUT2D eigenvalue weighted by atomic mass is 19.4. The number of hydrogen-bond acceptors (Lipinski definition) is 2. The van der Waals surface area contributed by atoms with Crippen LogP contribution in [0.25, 0.3) is 11.0 Å². The van der Waals surface area contributed by atoms with Crippen molar-refractivity contribution < 1.29 is 27.5 Å². The van der Waals surface area contributed by atoms with Crippen LogP contribution in [0.2, 0.25) is 0 Å². The molecule has 90 valence electrons. The molecule has 0 unspecified atom stereocenters. The first kappa shape index (κ1) is 11.5. The number of carboxylic acid groups (broad SMARTS) is 1. The standard InChI is InChI=1S/C11H7F3O3/c1-5-9(10(15)16)7-4-6(11(12,13)14)2-3-8(7)17-5/h2-4H,1H3,(H,15,16). The summed E-state index contributed by atoms with van der Waals surface area (Å²) in [5.41, 5.74) is -0.993. The first-order valence-corrected chi connectivity index (χ1v) is 4.64. The Morgan fingerprint density at radius 1 is 1.35 bits per heavy atom. The Bertz CT molecular complexity index is 596. The van der Waals surface area contributed by atoms with Gasteiger partial charge in [-0.2, -0.15) is 13.2 Å². The average molecular weight is 244 g/mol. The molecule has 0 saturated heterocycles. The number of fused-ring (bicyclic) bond motifs is 1. The second-order valence-electron chi connectivity index (χ2n) is 3.55. The minimum absolute atomic E-state index is 0.0372. The van der Waals surface area contributed by atoms with Crippen molar-refractivity contribution in [2.75, 3.05) is 0 Å². The van der Waals surface area contributed by atoms with Crippen LogP contribution in [0.4, 0.5) is 13.2 Å². The molecule has 1 heterocycles. The molecule has 1 aromatic carbocycles. The van der Waals surface area contributed by atoms with Crippen LogP contribution in [0.15, 0.2) is 22.6 Å². The molecule has 2 rings (SSSR count). The molecule has 0 amide bonds. The number of benzene rings is 1. The highest BCUT2D eigenvalue weighted by Gasteiger charge is 2.31. The van der Waals surface area contributed by atoms with Crippen LogP contribution in [0.1, 0.15) is 21.7 Å². The Morgan fingerprint density at radius 2 is 2.00 bits per heavy atom. The number of alkyl halides is 3. The molecule has 2 aromatic rings. The molecule has 0 bridgehead atoms. The molecular weight excluding hydrogens is 237 g/mol. The van der Waals surface area contributed by atoms with Crippen LogP contribution < -0.4 is 0 Å². The van der Waals surface area contributed by atoms with Crippen molar-refractivity contribution in [2.45, 2.75) is 13.1 Å². The van der Waals surface area contributed by atoms with Gasteiger partial charge >= 0.3 is 12.1 Å². The van der Waals surface area contributed by atoms with Crippen molar-refractivity contribution in [3.8, 4) is 0 Å². The molecule has 1 aromatic heterocycles. The zero-order valence-corrected chi connectivity index (χ0v) is 8.63. The molecule has 3 nitrogen and oxygen atoms in total. The Morgan fingerprint density at radius 3 is 2.53 bits per heavy atom. The highest BCUT2D eigenvalue weighted by molar-refractivity contribution is 6.03. The minimum atomic E-state index is -4.50. The van der Waals surface area contributed by atoms with E-state index in [4.69, 9.17) is 9.52 Å². The maximum absolute atomic E-state index is 12.5. The second kappa shape index (κ2) is 3.51. The number of aryl methyl sites for hydroxylation is 1. The van der Waals surface area contributed by atoms with Gasteiger partial charge in [-0.3, -0.25) is 0 Å². The number of aromatic carboxylic acids is 1. The van der Waals surface area contributed by atoms with E-state index in [9.17, 15) is 18.0 Å². The zero-order chi connectivity index (χ0) is 12.8. The van der Waals surface area contributed by atoms with Gasteiger partial charge < -0.3 is 9.52 Å². The Hall–Kier alpha value is -1.98. The van der Waals surface area contributed by atoms with Gasteiger partial charge in [0.15, 0.2) is 0 Å². The quantitative estimate of drug-likeness (QED) is 0.835. The average Bonchev–Trinajstić information content (AvgIpc) is 2.50. The fraction of sp³-hybridized carbons (Fsp3) is 0.182. The van der Waals surface area contributed by atoms with Crippen molar-refractivity contribution >= 4 is 16.9 Å². The first-order chi connectivity index (χ1) is 7.80. The summed E-state index contributed by atoms with van der Waals surface area (Å²) in [6, 6.07) is 2.77. The van der Waals surface area contributed by atoms with E-state index in [-0.39, 0.29) is 22.3 Å². The number of carboxylic acids is 1. The van der Waals surface area contributed by atoms with E-state index < -0.39 is 17.7 Å². The number of rotatable bonds is 1. The van der Waals surface area contributed by atoms with Gasteiger partial charge in [0.1, 0.15) is 16.9 Å². The van der Waals surface area contributed by atoms with Gasteiger partial charge in [-0.25, -0.2) is 4.79 Å². The summed E-state index contributed by atoms with van der Waals surface area (Å²) >= 11 is 0. The molecule has 0 aliphatic rings. The SMILES string of the molecule is Cc1oc2ccc(C(F)(F)F)cc2c1C(=O)O. The third kappa shape index (κ3) is 1.86. The summed E-state index contributed by atoms with van der Waals surface area (Å²) in [5, 5.41) is 8.87. The molecule has 6 heteroatoms. The van der Waals surface area contributed by atoms with E-state index in [2.05, 4.69) is 0 Å². The number of halogens is 3. The fourth-order valence-corrected chi connectivity index (χ4v) is 1.66. The third-order valence-corrected chi connectivity index (χ3v) is 2.41. The van der Waals surface area contributed by atoms with E-state index in [0.717, 1.165) is 18.2 Å². The molecule has 0 aliphatic heterocycles. The summed E-state index contributed by atoms with van der Waals surface area (Å²) in [6.45, 7) is 1.40. The number of furan rings is 1. The number of carbonyl (C=O) groups is 1. The van der Waals surface area contributed by atoms with Gasteiger partial charge in [0.2, 0.25) is 0 Å². The van der Waals surface area contributed by atoms with Gasteiger partial charge in [0.25, 0.3) is 0 Å². The lowest BCUT2D eigenvalue weighted by atomic mass is 10.1. The van der Waals surface area contributed by atoms with Gasteiger partial charge in [0.05, 0.1) is 5.56 Å². The van der Waals surface area contributed by atoms with E-state index in [1.165, 1.54) is 6.92 Å². The van der Waals surface area contributed by atoms with Crippen molar-refractivity contribution in [2.24, 2.45) is 0 Å². The normalized spacial score (nSPS) is 12.0. The summed E-state index contributed by atoms with van der Waals surface area (Å²) in [4.78, 5) is 10.9. The van der Waals surface area contributed by atoms with Crippen molar-refractivity contribution in [1.82, 2.24) is 0 Å². The van der Waals surface area contributed by atoms with Gasteiger partial charge in [-0.05, 0) is 25.1 Å². The molecule has 0 atom stereocenters. The first-order valence-electron chi connectivity index (χ1n) is 4.64. The van der Waals surface area contributed by atoms with E-state index in [1.807, 2.05) is 0 Å². The van der Waals surface area contributed by atoms with Crippen LogP contribution >= 0.6 is 0 Å². The van der Waals surface area contributed by atoms with Gasteiger partial charge in [0, 0.05) is 5.39 Å². The Balaban J connectivity index is 2.75. The highest BCUT2D eigenvalue weighted by Crippen LogP contribution is 2.34. The third-order valence-electron chi connectivity index (χ3n) is 2.41. The maximum Gasteiger partial charge on any atom is 0.416 e. The van der Waals surface area contributed by atoms with Crippen molar-refractivity contribution in [1.29, 1.82) is 0 Å². The predicted octanol–water partition coefficient (Wildman–Crippen LogP) is 3.46. The molecule has 0 aliphatic carbocycles. The van der Waals surface area contributed by atoms with E-state index >= 15 is 0 Å². The monoisotopic (exact) mass is 244 g/mol. The van der Waals surface area contributed by atoms with Crippen LogP contribution in [-0.4, -0.2) is 11.1 Å². The van der Waals surface area contributed by atoms with E-state index in [0.29, 0.717) is 0 Å². The van der Waals surface area contributed by atoms with Crippen LogP contribution in [0.3, 0.4) is 0 Å². The Labute approximate surface area is 93.5 Å². The van der Waals surface area contributed by atoms with Crippen LogP contribution in [0, 0.1) is 6.92 Å².